The van der Waals surface area contributed by atoms with Gasteiger partial charge in [-0.3, -0.25) is 14.8 Å². The topological polar surface area (TPSA) is 93.2 Å². The average molecular weight is 290 g/mol. The minimum Gasteiger partial charge on any atom is -0.384 e. The molecule has 1 aromatic heterocycles. The van der Waals surface area contributed by atoms with Crippen molar-refractivity contribution in [1.82, 2.24) is 15.1 Å². The first-order valence-electron chi connectivity index (χ1n) is 6.54. The molecule has 0 aliphatic rings. The van der Waals surface area contributed by atoms with E-state index in [4.69, 9.17) is 0 Å². The summed E-state index contributed by atoms with van der Waals surface area (Å²) in [5, 5.41) is 28.1. The molecular formula is C14H18N4O3. The van der Waals surface area contributed by atoms with Crippen molar-refractivity contribution < 1.29 is 10.0 Å². The Morgan fingerprint density at radius 2 is 2.10 bits per heavy atom. The smallest absolute Gasteiger partial charge is 0.269 e. The van der Waals surface area contributed by atoms with Gasteiger partial charge in [-0.25, -0.2) is 0 Å². The van der Waals surface area contributed by atoms with Crippen molar-refractivity contribution >= 4 is 5.69 Å². The first-order chi connectivity index (χ1) is 9.88. The van der Waals surface area contributed by atoms with Crippen LogP contribution in [0.25, 0.3) is 0 Å². The van der Waals surface area contributed by atoms with Crippen molar-refractivity contribution in [3.05, 3.63) is 57.9 Å². The molecule has 1 aromatic carbocycles. The fourth-order valence-electron chi connectivity index (χ4n) is 1.99. The van der Waals surface area contributed by atoms with E-state index in [1.807, 2.05) is 0 Å². The monoisotopic (exact) mass is 290 g/mol. The molecule has 0 bridgehead atoms. The van der Waals surface area contributed by atoms with Crippen LogP contribution >= 0.6 is 0 Å². The number of non-ortho nitro benzene ring substituents is 1. The normalized spacial score (nSPS) is 13.9. The largest absolute Gasteiger partial charge is 0.384 e. The van der Waals surface area contributed by atoms with Crippen LogP contribution in [0.1, 0.15) is 18.1 Å². The van der Waals surface area contributed by atoms with Crippen molar-refractivity contribution in [1.29, 1.82) is 0 Å². The zero-order valence-corrected chi connectivity index (χ0v) is 12.0. The molecule has 0 radical (unpaired) electrons. The second-order valence-electron chi connectivity index (χ2n) is 5.20. The number of aromatic nitrogens is 2. The van der Waals surface area contributed by atoms with Crippen molar-refractivity contribution in [2.24, 2.45) is 7.05 Å². The Balaban J connectivity index is 1.90. The molecular weight excluding hydrogens is 272 g/mol. The highest BCUT2D eigenvalue weighted by atomic mass is 16.6. The fourth-order valence-corrected chi connectivity index (χ4v) is 1.99. The predicted octanol–water partition coefficient (Wildman–Crippen LogP) is 1.33. The Morgan fingerprint density at radius 1 is 1.43 bits per heavy atom. The van der Waals surface area contributed by atoms with Gasteiger partial charge >= 0.3 is 0 Å². The molecule has 21 heavy (non-hydrogen) atoms. The Labute approximate surface area is 122 Å². The van der Waals surface area contributed by atoms with E-state index in [1.54, 1.807) is 43.2 Å². The van der Waals surface area contributed by atoms with Crippen LogP contribution < -0.4 is 5.32 Å². The summed E-state index contributed by atoms with van der Waals surface area (Å²) >= 11 is 0. The molecule has 0 saturated heterocycles. The Bertz CT molecular complexity index is 619. The minimum atomic E-state index is -1.02. The summed E-state index contributed by atoms with van der Waals surface area (Å²) in [7, 11) is 1.80. The van der Waals surface area contributed by atoms with Gasteiger partial charge in [-0.1, -0.05) is 12.1 Å². The van der Waals surface area contributed by atoms with Gasteiger partial charge in [-0.15, -0.1) is 0 Å². The summed E-state index contributed by atoms with van der Waals surface area (Å²) in [5.74, 6) is 0. The highest BCUT2D eigenvalue weighted by Crippen LogP contribution is 2.19. The van der Waals surface area contributed by atoms with Crippen LogP contribution in [0.5, 0.6) is 0 Å². The van der Waals surface area contributed by atoms with Crippen molar-refractivity contribution in [3.8, 4) is 0 Å². The summed E-state index contributed by atoms with van der Waals surface area (Å²) in [6.45, 7) is 2.59. The van der Waals surface area contributed by atoms with Crippen LogP contribution in [0.3, 0.4) is 0 Å². The van der Waals surface area contributed by atoms with Crippen molar-refractivity contribution in [3.63, 3.8) is 0 Å². The second kappa shape index (κ2) is 6.02. The first kappa shape index (κ1) is 15.1. The van der Waals surface area contributed by atoms with E-state index in [9.17, 15) is 15.2 Å². The average Bonchev–Trinajstić information content (AvgIpc) is 2.87. The zero-order valence-electron chi connectivity index (χ0n) is 12.0. The number of rotatable bonds is 6. The van der Waals surface area contributed by atoms with Crippen LogP contribution in [0.4, 0.5) is 5.69 Å². The van der Waals surface area contributed by atoms with Gasteiger partial charge in [0.2, 0.25) is 0 Å². The van der Waals surface area contributed by atoms with Crippen molar-refractivity contribution in [2.75, 3.05) is 6.54 Å². The Hall–Kier alpha value is -2.25. The molecule has 2 aromatic rings. The molecule has 2 N–H and O–H groups in total. The van der Waals surface area contributed by atoms with Gasteiger partial charge in [0.25, 0.3) is 5.69 Å². The summed E-state index contributed by atoms with van der Waals surface area (Å²) in [4.78, 5) is 10.1. The van der Waals surface area contributed by atoms with E-state index < -0.39 is 10.5 Å². The molecule has 0 spiro atoms. The van der Waals surface area contributed by atoms with Gasteiger partial charge in [0.05, 0.1) is 11.1 Å². The van der Waals surface area contributed by atoms with E-state index in [-0.39, 0.29) is 5.69 Å². The van der Waals surface area contributed by atoms with Gasteiger partial charge in [0.1, 0.15) is 5.60 Å². The standard InChI is InChI=1S/C14H18N4O3/c1-14(19,12-8-16-17(2)9-12)10-15-7-11-3-5-13(6-4-11)18(20)21/h3-6,8-9,15,19H,7,10H2,1-2H3. The molecule has 1 heterocycles. The van der Waals surface area contributed by atoms with Crippen molar-refractivity contribution in [2.45, 2.75) is 19.1 Å². The number of nitro groups is 1. The molecule has 0 aliphatic heterocycles. The van der Waals surface area contributed by atoms with Gasteiger partial charge in [-0.2, -0.15) is 5.10 Å². The lowest BCUT2D eigenvalue weighted by Gasteiger charge is -2.22. The highest BCUT2D eigenvalue weighted by molar-refractivity contribution is 5.32. The zero-order chi connectivity index (χ0) is 15.5. The van der Waals surface area contributed by atoms with E-state index in [1.165, 1.54) is 12.1 Å². The third-order valence-corrected chi connectivity index (χ3v) is 3.27. The lowest BCUT2D eigenvalue weighted by molar-refractivity contribution is -0.384. The summed E-state index contributed by atoms with van der Waals surface area (Å²) in [6.07, 6.45) is 3.40. The minimum absolute atomic E-state index is 0.0705. The number of nitro benzene ring substituents is 1. The Kier molecular flexibility index (Phi) is 4.35. The fraction of sp³-hybridized carbons (Fsp3) is 0.357. The van der Waals surface area contributed by atoms with Crippen LogP contribution in [0.2, 0.25) is 0 Å². The number of aliphatic hydroxyl groups is 1. The number of hydrogen-bond acceptors (Lipinski definition) is 5. The molecule has 112 valence electrons. The lowest BCUT2D eigenvalue weighted by atomic mass is 9.99. The lowest BCUT2D eigenvalue weighted by Crippen LogP contribution is -2.34. The summed E-state index contributed by atoms with van der Waals surface area (Å²) in [6, 6.07) is 6.33. The third-order valence-electron chi connectivity index (χ3n) is 3.27. The maximum Gasteiger partial charge on any atom is 0.269 e. The molecule has 7 heteroatoms. The van der Waals surface area contributed by atoms with Gasteiger partial charge in [0, 0.05) is 44.0 Å². The maximum atomic E-state index is 10.6. The molecule has 1 atom stereocenters. The maximum absolute atomic E-state index is 10.6. The molecule has 0 saturated carbocycles. The predicted molar refractivity (Wildman–Crippen MR) is 77.6 cm³/mol. The van der Waals surface area contributed by atoms with Crippen LogP contribution in [-0.4, -0.2) is 26.4 Å². The molecule has 1 unspecified atom stereocenters. The Morgan fingerprint density at radius 3 is 2.62 bits per heavy atom. The van der Waals surface area contributed by atoms with Gasteiger partial charge in [-0.05, 0) is 12.5 Å². The molecule has 2 rings (SSSR count). The molecule has 0 amide bonds. The first-order valence-corrected chi connectivity index (χ1v) is 6.54. The highest BCUT2D eigenvalue weighted by Gasteiger charge is 2.24. The molecule has 0 aliphatic carbocycles. The quantitative estimate of drug-likeness (QED) is 0.618. The number of hydrogen-bond donors (Lipinski definition) is 2. The van der Waals surface area contributed by atoms with Crippen LogP contribution in [0, 0.1) is 10.1 Å². The van der Waals surface area contributed by atoms with Gasteiger partial charge < -0.3 is 10.4 Å². The van der Waals surface area contributed by atoms with Crippen LogP contribution in [0.15, 0.2) is 36.7 Å². The third kappa shape index (κ3) is 3.87. The summed E-state index contributed by atoms with van der Waals surface area (Å²) < 4.78 is 1.64. The number of benzene rings is 1. The van der Waals surface area contributed by atoms with Crippen LogP contribution in [-0.2, 0) is 19.2 Å². The second-order valence-corrected chi connectivity index (χ2v) is 5.20. The number of nitrogens with zero attached hydrogens (tertiary/aromatic N) is 3. The molecule has 0 fully saturated rings. The number of aryl methyl sites for hydroxylation is 1. The van der Waals surface area contributed by atoms with E-state index >= 15 is 0 Å². The summed E-state index contributed by atoms with van der Waals surface area (Å²) in [5.41, 5.74) is 0.708. The number of nitrogens with one attached hydrogen (secondary N) is 1. The van der Waals surface area contributed by atoms with E-state index in [0.29, 0.717) is 13.1 Å². The van der Waals surface area contributed by atoms with E-state index in [0.717, 1.165) is 11.1 Å². The SMILES string of the molecule is Cn1cc(C(C)(O)CNCc2ccc([N+](=O)[O-])cc2)cn1. The molecule has 7 nitrogen and oxygen atoms in total. The van der Waals surface area contributed by atoms with E-state index in [2.05, 4.69) is 10.4 Å². The van der Waals surface area contributed by atoms with Gasteiger partial charge in [0.15, 0.2) is 0 Å².